The molecule has 0 aromatic rings. The van der Waals surface area contributed by atoms with Gasteiger partial charge in [-0.25, -0.2) is 0 Å². The molecule has 0 saturated carbocycles. The Labute approximate surface area is 61.7 Å². The number of hydrogen-bond acceptors (Lipinski definition) is 3. The fourth-order valence-electron chi connectivity index (χ4n) is 0.733. The summed E-state index contributed by atoms with van der Waals surface area (Å²) in [5.74, 6) is 0. The predicted molar refractivity (Wildman–Crippen MR) is 42.3 cm³/mol. The van der Waals surface area contributed by atoms with Crippen molar-refractivity contribution in [2.75, 3.05) is 13.2 Å². The van der Waals surface area contributed by atoms with E-state index >= 15 is 0 Å². The highest BCUT2D eigenvalue weighted by Gasteiger charge is 1.94. The Balaban J connectivity index is 3.09. The van der Waals surface area contributed by atoms with E-state index in [1.165, 1.54) is 0 Å². The van der Waals surface area contributed by atoms with Crippen LogP contribution < -0.4 is 5.73 Å². The minimum absolute atomic E-state index is 0.186. The molecule has 0 aliphatic carbocycles. The summed E-state index contributed by atoms with van der Waals surface area (Å²) in [6.07, 6.45) is 3.11. The van der Waals surface area contributed by atoms with Gasteiger partial charge in [-0.1, -0.05) is 0 Å². The molecule has 10 heavy (non-hydrogen) atoms. The molecule has 0 fully saturated rings. The van der Waals surface area contributed by atoms with Crippen molar-refractivity contribution < 1.29 is 5.11 Å². The van der Waals surface area contributed by atoms with Crippen LogP contribution in [-0.2, 0) is 0 Å². The molecular weight excluding hydrogens is 128 g/mol. The number of hydrogen-bond donors (Lipinski definition) is 3. The summed E-state index contributed by atoms with van der Waals surface area (Å²) >= 11 is 0. The summed E-state index contributed by atoms with van der Waals surface area (Å²) in [5, 5.41) is 15.7. The number of aliphatic hydroxyl groups excluding tert-OH is 1. The van der Waals surface area contributed by atoms with Crippen LogP contribution in [0.5, 0.6) is 0 Å². The van der Waals surface area contributed by atoms with E-state index in [2.05, 4.69) is 0 Å². The summed E-state index contributed by atoms with van der Waals surface area (Å²) < 4.78 is 0. The molecule has 0 rings (SSSR count). The number of nitrogens with one attached hydrogen (secondary N) is 1. The minimum atomic E-state index is 0.186. The van der Waals surface area contributed by atoms with Crippen molar-refractivity contribution in [1.82, 2.24) is 0 Å². The van der Waals surface area contributed by atoms with Gasteiger partial charge in [0.15, 0.2) is 0 Å². The van der Waals surface area contributed by atoms with E-state index in [-0.39, 0.29) is 6.61 Å². The van der Waals surface area contributed by atoms with Crippen LogP contribution in [0.1, 0.15) is 25.7 Å². The van der Waals surface area contributed by atoms with Gasteiger partial charge in [0.1, 0.15) is 0 Å². The van der Waals surface area contributed by atoms with Gasteiger partial charge in [0.2, 0.25) is 0 Å². The highest BCUT2D eigenvalue weighted by atomic mass is 16.2. The monoisotopic (exact) mass is 144 g/mol. The van der Waals surface area contributed by atoms with Crippen molar-refractivity contribution in [3.63, 3.8) is 0 Å². The van der Waals surface area contributed by atoms with Gasteiger partial charge in [0, 0.05) is 12.3 Å². The number of aliphatic hydroxyl groups is 1. The zero-order valence-electron chi connectivity index (χ0n) is 6.27. The van der Waals surface area contributed by atoms with Crippen LogP contribution in [0, 0.1) is 5.41 Å². The van der Waals surface area contributed by atoms with Gasteiger partial charge >= 0.3 is 0 Å². The SMILES string of the molecule is N=C(CCCN)CCCO. The lowest BCUT2D eigenvalue weighted by atomic mass is 10.1. The Hall–Kier alpha value is -0.410. The average molecular weight is 144 g/mol. The second-order valence-electron chi connectivity index (χ2n) is 2.32. The fraction of sp³-hybridized carbons (Fsp3) is 0.857. The maximum Gasteiger partial charge on any atom is 0.0434 e. The van der Waals surface area contributed by atoms with E-state index < -0.39 is 0 Å². The molecule has 0 spiro atoms. The topological polar surface area (TPSA) is 70.1 Å². The third-order valence-electron chi connectivity index (χ3n) is 1.32. The normalized spacial score (nSPS) is 9.80. The van der Waals surface area contributed by atoms with Crippen molar-refractivity contribution in [2.45, 2.75) is 25.7 Å². The maximum atomic E-state index is 8.42. The van der Waals surface area contributed by atoms with E-state index in [0.717, 1.165) is 19.3 Å². The van der Waals surface area contributed by atoms with Gasteiger partial charge in [0.25, 0.3) is 0 Å². The summed E-state index contributed by atoms with van der Waals surface area (Å²) in [6, 6.07) is 0. The van der Waals surface area contributed by atoms with Gasteiger partial charge in [-0.15, -0.1) is 0 Å². The second kappa shape index (κ2) is 6.71. The lowest BCUT2D eigenvalue weighted by Crippen LogP contribution is -2.04. The van der Waals surface area contributed by atoms with E-state index in [1.807, 2.05) is 0 Å². The van der Waals surface area contributed by atoms with Gasteiger partial charge in [-0.05, 0) is 32.2 Å². The number of nitrogens with two attached hydrogens (primary N) is 1. The van der Waals surface area contributed by atoms with E-state index in [9.17, 15) is 0 Å². The summed E-state index contributed by atoms with van der Waals surface area (Å²) in [7, 11) is 0. The first-order valence-electron chi connectivity index (χ1n) is 3.68. The van der Waals surface area contributed by atoms with E-state index in [1.54, 1.807) is 0 Å². The first-order chi connectivity index (χ1) is 4.81. The van der Waals surface area contributed by atoms with Crippen molar-refractivity contribution in [3.05, 3.63) is 0 Å². The van der Waals surface area contributed by atoms with Crippen LogP contribution in [0.25, 0.3) is 0 Å². The first kappa shape index (κ1) is 9.59. The highest BCUT2D eigenvalue weighted by molar-refractivity contribution is 5.81. The van der Waals surface area contributed by atoms with Crippen LogP contribution >= 0.6 is 0 Å². The van der Waals surface area contributed by atoms with Crippen molar-refractivity contribution in [2.24, 2.45) is 5.73 Å². The van der Waals surface area contributed by atoms with Gasteiger partial charge in [-0.3, -0.25) is 0 Å². The predicted octanol–water partition coefficient (Wildman–Crippen LogP) is 0.518. The Kier molecular flexibility index (Phi) is 6.43. The molecule has 0 saturated heterocycles. The Morgan fingerprint density at radius 2 is 1.90 bits per heavy atom. The summed E-state index contributed by atoms with van der Waals surface area (Å²) in [5.41, 5.74) is 5.97. The molecule has 4 N–H and O–H groups in total. The Morgan fingerprint density at radius 3 is 2.40 bits per heavy atom. The molecule has 0 unspecified atom stereocenters. The van der Waals surface area contributed by atoms with Crippen LogP contribution in [0.2, 0.25) is 0 Å². The number of rotatable bonds is 6. The third-order valence-corrected chi connectivity index (χ3v) is 1.32. The van der Waals surface area contributed by atoms with E-state index in [4.69, 9.17) is 16.2 Å². The lowest BCUT2D eigenvalue weighted by molar-refractivity contribution is 0.291. The second-order valence-corrected chi connectivity index (χ2v) is 2.32. The molecule has 0 amide bonds. The smallest absolute Gasteiger partial charge is 0.0434 e. The van der Waals surface area contributed by atoms with Crippen LogP contribution in [-0.4, -0.2) is 24.0 Å². The molecule has 3 nitrogen and oxygen atoms in total. The standard InChI is InChI=1S/C7H16N2O/c8-5-1-3-7(9)4-2-6-10/h9-10H,1-6,8H2. The van der Waals surface area contributed by atoms with Crippen molar-refractivity contribution in [3.8, 4) is 0 Å². The molecule has 0 bridgehead atoms. The molecular formula is C7H16N2O. The summed E-state index contributed by atoms with van der Waals surface area (Å²) in [6.45, 7) is 0.840. The molecule has 0 aromatic carbocycles. The summed E-state index contributed by atoms with van der Waals surface area (Å²) in [4.78, 5) is 0. The van der Waals surface area contributed by atoms with Gasteiger partial charge in [-0.2, -0.15) is 0 Å². The van der Waals surface area contributed by atoms with Gasteiger partial charge in [0.05, 0.1) is 0 Å². The minimum Gasteiger partial charge on any atom is -0.396 e. The van der Waals surface area contributed by atoms with Crippen molar-refractivity contribution in [1.29, 1.82) is 5.41 Å². The first-order valence-corrected chi connectivity index (χ1v) is 3.68. The molecule has 0 radical (unpaired) electrons. The fourth-order valence-corrected chi connectivity index (χ4v) is 0.733. The molecule has 3 heteroatoms. The third kappa shape index (κ3) is 5.72. The van der Waals surface area contributed by atoms with Crippen LogP contribution in [0.4, 0.5) is 0 Å². The molecule has 0 aromatic heterocycles. The lowest BCUT2D eigenvalue weighted by Gasteiger charge is -1.99. The Morgan fingerprint density at radius 1 is 1.30 bits per heavy atom. The Bertz CT molecular complexity index is 83.6. The maximum absolute atomic E-state index is 8.42. The zero-order chi connectivity index (χ0) is 7.82. The zero-order valence-corrected chi connectivity index (χ0v) is 6.27. The van der Waals surface area contributed by atoms with Crippen LogP contribution in [0.3, 0.4) is 0 Å². The largest absolute Gasteiger partial charge is 0.396 e. The molecule has 0 atom stereocenters. The molecule has 0 aliphatic rings. The molecule has 60 valence electrons. The van der Waals surface area contributed by atoms with Crippen molar-refractivity contribution >= 4 is 5.71 Å². The quantitative estimate of drug-likeness (QED) is 0.475. The molecule has 0 heterocycles. The van der Waals surface area contributed by atoms with Crippen LogP contribution in [0.15, 0.2) is 0 Å². The molecule has 0 aliphatic heterocycles. The highest BCUT2D eigenvalue weighted by Crippen LogP contribution is 1.96. The van der Waals surface area contributed by atoms with E-state index in [0.29, 0.717) is 18.7 Å². The van der Waals surface area contributed by atoms with Gasteiger partial charge < -0.3 is 16.2 Å². The average Bonchev–Trinajstić information content (AvgIpc) is 1.97.